The van der Waals surface area contributed by atoms with Crippen LogP contribution in [0.25, 0.3) is 0 Å². The molecule has 0 saturated carbocycles. The highest BCUT2D eigenvalue weighted by Crippen LogP contribution is 2.21. The molecule has 0 bridgehead atoms. The third-order valence-electron chi connectivity index (χ3n) is 2.75. The van der Waals surface area contributed by atoms with E-state index < -0.39 is 0 Å². The van der Waals surface area contributed by atoms with Crippen LogP contribution in [-0.4, -0.2) is 20.1 Å². The molecule has 0 heterocycles. The molecule has 0 aromatic heterocycles. The van der Waals surface area contributed by atoms with Crippen molar-refractivity contribution in [3.63, 3.8) is 0 Å². The van der Waals surface area contributed by atoms with Crippen LogP contribution in [0, 0.1) is 0 Å². The van der Waals surface area contributed by atoms with Gasteiger partial charge in [0.1, 0.15) is 17.3 Å². The first-order valence-electron chi connectivity index (χ1n) is 6.31. The molecule has 2 aromatic rings. The fourth-order valence-electron chi connectivity index (χ4n) is 1.81. The minimum absolute atomic E-state index is 0.792. The number of aliphatic imine (C=N–C) groups is 1. The summed E-state index contributed by atoms with van der Waals surface area (Å²) in [7, 11) is 3.29. The maximum Gasteiger partial charge on any atom is 0.121 e. The molecule has 0 aliphatic rings. The van der Waals surface area contributed by atoms with Crippen LogP contribution in [0.4, 0.5) is 11.4 Å². The number of anilines is 1. The molecule has 0 aliphatic heterocycles. The van der Waals surface area contributed by atoms with E-state index in [1.54, 1.807) is 14.2 Å². The molecular formula is C16H18N2O2. The number of ether oxygens (including phenoxy) is 2. The summed E-state index contributed by atoms with van der Waals surface area (Å²) in [5.41, 5.74) is 1.78. The van der Waals surface area contributed by atoms with Crippen molar-refractivity contribution in [2.75, 3.05) is 19.5 Å². The van der Waals surface area contributed by atoms with E-state index in [4.69, 9.17) is 9.47 Å². The van der Waals surface area contributed by atoms with Crippen LogP contribution in [0.3, 0.4) is 0 Å². The summed E-state index contributed by atoms with van der Waals surface area (Å²) < 4.78 is 10.4. The summed E-state index contributed by atoms with van der Waals surface area (Å²) in [6.45, 7) is 1.92. The SMILES string of the molecule is COc1cccc(N=C(C)Nc2cccc(OC)c2)c1. The molecule has 0 fully saturated rings. The Morgan fingerprint density at radius 3 is 2.30 bits per heavy atom. The molecule has 104 valence electrons. The highest BCUT2D eigenvalue weighted by Gasteiger charge is 1.98. The first-order valence-corrected chi connectivity index (χ1v) is 6.31. The van der Waals surface area contributed by atoms with Crippen molar-refractivity contribution in [1.29, 1.82) is 0 Å². The Labute approximate surface area is 119 Å². The first kappa shape index (κ1) is 13.9. The Morgan fingerprint density at radius 2 is 1.60 bits per heavy atom. The minimum Gasteiger partial charge on any atom is -0.497 e. The maximum atomic E-state index is 5.19. The van der Waals surface area contributed by atoms with Crippen LogP contribution in [-0.2, 0) is 0 Å². The Hall–Kier alpha value is -2.49. The summed E-state index contributed by atoms with van der Waals surface area (Å²) in [5, 5.41) is 3.23. The van der Waals surface area contributed by atoms with Gasteiger partial charge in [-0.15, -0.1) is 0 Å². The summed E-state index contributed by atoms with van der Waals surface area (Å²) in [6.07, 6.45) is 0. The number of amidine groups is 1. The molecule has 0 amide bonds. The van der Waals surface area contributed by atoms with E-state index in [9.17, 15) is 0 Å². The number of benzene rings is 2. The van der Waals surface area contributed by atoms with E-state index in [-0.39, 0.29) is 0 Å². The van der Waals surface area contributed by atoms with Crippen molar-refractivity contribution >= 4 is 17.2 Å². The van der Waals surface area contributed by atoms with Crippen LogP contribution >= 0.6 is 0 Å². The zero-order valence-electron chi connectivity index (χ0n) is 11.9. The largest absolute Gasteiger partial charge is 0.497 e. The van der Waals surface area contributed by atoms with Crippen molar-refractivity contribution in [3.05, 3.63) is 48.5 Å². The minimum atomic E-state index is 0.792. The molecule has 0 saturated heterocycles. The molecule has 2 rings (SSSR count). The van der Waals surface area contributed by atoms with Gasteiger partial charge < -0.3 is 14.8 Å². The van der Waals surface area contributed by atoms with Gasteiger partial charge in [0.2, 0.25) is 0 Å². The number of methoxy groups -OCH3 is 2. The second-order valence-electron chi connectivity index (χ2n) is 4.26. The normalized spacial score (nSPS) is 11.1. The molecule has 1 N–H and O–H groups in total. The lowest BCUT2D eigenvalue weighted by atomic mass is 10.3. The van der Waals surface area contributed by atoms with Gasteiger partial charge in [0.25, 0.3) is 0 Å². The van der Waals surface area contributed by atoms with Gasteiger partial charge in [0.15, 0.2) is 0 Å². The highest BCUT2D eigenvalue weighted by atomic mass is 16.5. The molecular weight excluding hydrogens is 252 g/mol. The highest BCUT2D eigenvalue weighted by molar-refractivity contribution is 5.95. The smallest absolute Gasteiger partial charge is 0.121 e. The van der Waals surface area contributed by atoms with E-state index in [0.29, 0.717) is 0 Å². The molecule has 20 heavy (non-hydrogen) atoms. The van der Waals surface area contributed by atoms with Crippen LogP contribution in [0.5, 0.6) is 11.5 Å². The second-order valence-corrected chi connectivity index (χ2v) is 4.26. The zero-order chi connectivity index (χ0) is 14.4. The van der Waals surface area contributed by atoms with E-state index in [1.165, 1.54) is 0 Å². The van der Waals surface area contributed by atoms with Crippen molar-refractivity contribution in [2.45, 2.75) is 6.92 Å². The third kappa shape index (κ3) is 3.75. The summed E-state index contributed by atoms with van der Waals surface area (Å²) in [6, 6.07) is 15.3. The second kappa shape index (κ2) is 6.61. The predicted molar refractivity (Wildman–Crippen MR) is 82.4 cm³/mol. The van der Waals surface area contributed by atoms with Gasteiger partial charge in [0, 0.05) is 17.8 Å². The molecule has 0 radical (unpaired) electrons. The summed E-state index contributed by atoms with van der Waals surface area (Å²) in [4.78, 5) is 4.50. The van der Waals surface area contributed by atoms with Gasteiger partial charge in [-0.05, 0) is 31.2 Å². The number of hydrogen-bond donors (Lipinski definition) is 1. The molecule has 4 heteroatoms. The first-order chi connectivity index (χ1) is 9.71. The van der Waals surface area contributed by atoms with E-state index >= 15 is 0 Å². The lowest BCUT2D eigenvalue weighted by Crippen LogP contribution is -2.06. The average molecular weight is 270 g/mol. The van der Waals surface area contributed by atoms with Crippen molar-refractivity contribution in [1.82, 2.24) is 0 Å². The lowest BCUT2D eigenvalue weighted by molar-refractivity contribution is 0.415. The zero-order valence-corrected chi connectivity index (χ0v) is 11.9. The topological polar surface area (TPSA) is 42.8 Å². The number of rotatable bonds is 4. The summed E-state index contributed by atoms with van der Waals surface area (Å²) in [5.74, 6) is 2.40. The molecule has 2 aromatic carbocycles. The maximum absolute atomic E-state index is 5.19. The number of nitrogens with zero attached hydrogens (tertiary/aromatic N) is 1. The van der Waals surface area contributed by atoms with Crippen molar-refractivity contribution < 1.29 is 9.47 Å². The summed E-state index contributed by atoms with van der Waals surface area (Å²) >= 11 is 0. The van der Waals surface area contributed by atoms with Gasteiger partial charge in [-0.3, -0.25) is 0 Å². The van der Waals surface area contributed by atoms with E-state index in [2.05, 4.69) is 10.3 Å². The van der Waals surface area contributed by atoms with Crippen molar-refractivity contribution in [2.24, 2.45) is 4.99 Å². The van der Waals surface area contributed by atoms with Gasteiger partial charge in [0.05, 0.1) is 19.9 Å². The molecule has 4 nitrogen and oxygen atoms in total. The van der Waals surface area contributed by atoms with Crippen LogP contribution in [0.1, 0.15) is 6.92 Å². The van der Waals surface area contributed by atoms with Gasteiger partial charge in [-0.1, -0.05) is 12.1 Å². The third-order valence-corrected chi connectivity index (χ3v) is 2.75. The van der Waals surface area contributed by atoms with Crippen LogP contribution < -0.4 is 14.8 Å². The number of nitrogens with one attached hydrogen (secondary N) is 1. The predicted octanol–water partition coefficient (Wildman–Crippen LogP) is 3.87. The Balaban J connectivity index is 2.13. The van der Waals surface area contributed by atoms with Crippen LogP contribution in [0.15, 0.2) is 53.5 Å². The standard InChI is InChI=1S/C16H18N2O2/c1-12(17-13-6-4-8-15(10-13)19-2)18-14-7-5-9-16(11-14)20-3/h4-11H,1-3H3,(H,17,18). The van der Waals surface area contributed by atoms with Gasteiger partial charge in [-0.25, -0.2) is 4.99 Å². The fraction of sp³-hybridized carbons (Fsp3) is 0.188. The Morgan fingerprint density at radius 1 is 0.950 bits per heavy atom. The molecule has 0 aliphatic carbocycles. The van der Waals surface area contributed by atoms with E-state index in [1.807, 2.05) is 55.5 Å². The Bertz CT molecular complexity index is 609. The van der Waals surface area contributed by atoms with Gasteiger partial charge in [-0.2, -0.15) is 0 Å². The fourth-order valence-corrected chi connectivity index (χ4v) is 1.81. The molecule has 0 spiro atoms. The van der Waals surface area contributed by atoms with E-state index in [0.717, 1.165) is 28.7 Å². The average Bonchev–Trinajstić information content (AvgIpc) is 2.47. The van der Waals surface area contributed by atoms with Crippen molar-refractivity contribution in [3.8, 4) is 11.5 Å². The molecule has 0 atom stereocenters. The molecule has 0 unspecified atom stereocenters. The number of hydrogen-bond acceptors (Lipinski definition) is 3. The Kier molecular flexibility index (Phi) is 4.60. The monoisotopic (exact) mass is 270 g/mol. The lowest BCUT2D eigenvalue weighted by Gasteiger charge is -2.08. The van der Waals surface area contributed by atoms with Gasteiger partial charge >= 0.3 is 0 Å². The van der Waals surface area contributed by atoms with Crippen LogP contribution in [0.2, 0.25) is 0 Å². The quantitative estimate of drug-likeness (QED) is 0.677.